The first-order chi connectivity index (χ1) is 11.7. The van der Waals surface area contributed by atoms with E-state index in [2.05, 4.69) is 32.1 Å². The summed E-state index contributed by atoms with van der Waals surface area (Å²) < 4.78 is 5.51. The standard InChI is InChI=1S/C19H30N4O/c1-16-3-4-18(21-20-16)23-9-2-7-19(15-23)8-10-22(14-19)13-17-5-11-24-12-6-17/h3-4,17H,2,5-15H2,1H3/t19-/m1/s1. The highest BCUT2D eigenvalue weighted by atomic mass is 16.5. The second kappa shape index (κ2) is 6.96. The summed E-state index contributed by atoms with van der Waals surface area (Å²) >= 11 is 0. The third-order valence-corrected chi connectivity index (χ3v) is 6.14. The van der Waals surface area contributed by atoms with Crippen LogP contribution in [0.4, 0.5) is 5.82 Å². The molecule has 4 heterocycles. The molecule has 1 atom stereocenters. The number of rotatable bonds is 3. The molecule has 3 fully saturated rings. The Bertz CT molecular complexity index is 543. The van der Waals surface area contributed by atoms with E-state index in [1.807, 2.05) is 6.92 Å². The van der Waals surface area contributed by atoms with Gasteiger partial charge in [0.1, 0.15) is 0 Å². The first-order valence-electron chi connectivity index (χ1n) is 9.58. The summed E-state index contributed by atoms with van der Waals surface area (Å²) in [5, 5.41) is 8.67. The van der Waals surface area contributed by atoms with Gasteiger partial charge in [-0.1, -0.05) is 0 Å². The van der Waals surface area contributed by atoms with Crippen molar-refractivity contribution in [2.24, 2.45) is 11.3 Å². The lowest BCUT2D eigenvalue weighted by molar-refractivity contribution is 0.0537. The Morgan fingerprint density at radius 1 is 1.12 bits per heavy atom. The van der Waals surface area contributed by atoms with Gasteiger partial charge in [-0.15, -0.1) is 5.10 Å². The van der Waals surface area contributed by atoms with Crippen LogP contribution in [0.3, 0.4) is 0 Å². The normalized spacial score (nSPS) is 29.5. The number of likely N-dealkylation sites (tertiary alicyclic amines) is 1. The maximum absolute atomic E-state index is 5.51. The van der Waals surface area contributed by atoms with Gasteiger partial charge in [-0.2, -0.15) is 5.10 Å². The lowest BCUT2D eigenvalue weighted by Gasteiger charge is -2.41. The molecule has 0 unspecified atom stereocenters. The average molecular weight is 330 g/mol. The molecule has 0 aliphatic carbocycles. The maximum Gasteiger partial charge on any atom is 0.151 e. The van der Waals surface area contributed by atoms with E-state index in [0.717, 1.165) is 43.7 Å². The van der Waals surface area contributed by atoms with Gasteiger partial charge in [0.15, 0.2) is 5.82 Å². The summed E-state index contributed by atoms with van der Waals surface area (Å²) in [5.41, 5.74) is 1.46. The van der Waals surface area contributed by atoms with Crippen LogP contribution in [0, 0.1) is 18.3 Å². The third kappa shape index (κ3) is 3.57. The number of aryl methyl sites for hydroxylation is 1. The van der Waals surface area contributed by atoms with Crippen LogP contribution in [-0.2, 0) is 4.74 Å². The van der Waals surface area contributed by atoms with E-state index in [1.54, 1.807) is 0 Å². The van der Waals surface area contributed by atoms with Gasteiger partial charge in [-0.25, -0.2) is 0 Å². The van der Waals surface area contributed by atoms with Crippen molar-refractivity contribution in [3.63, 3.8) is 0 Å². The molecule has 4 rings (SSSR count). The first kappa shape index (κ1) is 16.3. The number of nitrogens with zero attached hydrogens (tertiary/aromatic N) is 4. The monoisotopic (exact) mass is 330 g/mol. The van der Waals surface area contributed by atoms with Crippen molar-refractivity contribution in [3.8, 4) is 0 Å². The summed E-state index contributed by atoms with van der Waals surface area (Å²) in [6.45, 7) is 10.0. The molecule has 0 amide bonds. The molecule has 0 saturated carbocycles. The topological polar surface area (TPSA) is 41.5 Å². The molecule has 3 aliphatic heterocycles. The molecule has 0 bridgehead atoms. The second-order valence-corrected chi connectivity index (χ2v) is 8.10. The summed E-state index contributed by atoms with van der Waals surface area (Å²) in [6.07, 6.45) is 6.48. The maximum atomic E-state index is 5.51. The molecule has 3 aliphatic rings. The third-order valence-electron chi connectivity index (χ3n) is 6.14. The molecule has 5 nitrogen and oxygen atoms in total. The van der Waals surface area contributed by atoms with Crippen LogP contribution in [0.25, 0.3) is 0 Å². The quantitative estimate of drug-likeness (QED) is 0.852. The van der Waals surface area contributed by atoms with Gasteiger partial charge in [0, 0.05) is 44.8 Å². The molecular formula is C19H30N4O. The number of ether oxygens (including phenoxy) is 1. The van der Waals surface area contributed by atoms with E-state index in [1.165, 1.54) is 51.7 Å². The summed E-state index contributed by atoms with van der Waals surface area (Å²) in [4.78, 5) is 5.19. The van der Waals surface area contributed by atoms with Gasteiger partial charge in [0.25, 0.3) is 0 Å². The van der Waals surface area contributed by atoms with Crippen molar-refractivity contribution in [1.29, 1.82) is 0 Å². The fraction of sp³-hybridized carbons (Fsp3) is 0.789. The molecule has 0 aromatic carbocycles. The number of hydrogen-bond donors (Lipinski definition) is 0. The van der Waals surface area contributed by atoms with Crippen molar-refractivity contribution in [1.82, 2.24) is 15.1 Å². The van der Waals surface area contributed by atoms with Crippen LogP contribution in [0.5, 0.6) is 0 Å². The molecule has 24 heavy (non-hydrogen) atoms. The average Bonchev–Trinajstić information content (AvgIpc) is 2.98. The van der Waals surface area contributed by atoms with E-state index in [0.29, 0.717) is 5.41 Å². The summed E-state index contributed by atoms with van der Waals surface area (Å²) in [7, 11) is 0. The minimum absolute atomic E-state index is 0.468. The molecule has 3 saturated heterocycles. The Labute approximate surface area is 145 Å². The number of hydrogen-bond acceptors (Lipinski definition) is 5. The molecule has 132 valence electrons. The first-order valence-corrected chi connectivity index (χ1v) is 9.58. The van der Waals surface area contributed by atoms with Crippen LogP contribution in [0.2, 0.25) is 0 Å². The van der Waals surface area contributed by atoms with E-state index in [4.69, 9.17) is 4.74 Å². The van der Waals surface area contributed by atoms with Crippen molar-refractivity contribution < 1.29 is 4.74 Å². The van der Waals surface area contributed by atoms with Gasteiger partial charge in [-0.05, 0) is 63.6 Å². The van der Waals surface area contributed by atoms with Crippen LogP contribution in [0.15, 0.2) is 12.1 Å². The number of aromatic nitrogens is 2. The molecule has 1 aromatic rings. The van der Waals surface area contributed by atoms with Crippen molar-refractivity contribution in [3.05, 3.63) is 17.8 Å². The SMILES string of the molecule is Cc1ccc(N2CCC[C@]3(CCN(CC4CCOCC4)C3)C2)nn1. The second-order valence-electron chi connectivity index (χ2n) is 8.10. The smallest absolute Gasteiger partial charge is 0.151 e. The fourth-order valence-electron chi connectivity index (χ4n) is 4.77. The van der Waals surface area contributed by atoms with E-state index in [-0.39, 0.29) is 0 Å². The minimum atomic E-state index is 0.468. The molecule has 1 aromatic heterocycles. The molecule has 0 N–H and O–H groups in total. The van der Waals surface area contributed by atoms with Gasteiger partial charge in [-0.3, -0.25) is 0 Å². The van der Waals surface area contributed by atoms with Gasteiger partial charge < -0.3 is 14.5 Å². The highest BCUT2D eigenvalue weighted by Gasteiger charge is 2.42. The van der Waals surface area contributed by atoms with Crippen molar-refractivity contribution in [2.45, 2.75) is 39.0 Å². The lowest BCUT2D eigenvalue weighted by atomic mass is 9.79. The van der Waals surface area contributed by atoms with Gasteiger partial charge in [0.05, 0.1) is 5.69 Å². The number of piperidine rings is 1. The fourth-order valence-corrected chi connectivity index (χ4v) is 4.77. The number of anilines is 1. The zero-order chi connectivity index (χ0) is 16.4. The van der Waals surface area contributed by atoms with Crippen LogP contribution < -0.4 is 4.90 Å². The van der Waals surface area contributed by atoms with Gasteiger partial charge >= 0.3 is 0 Å². The lowest BCUT2D eigenvalue weighted by Crippen LogP contribution is -2.45. The van der Waals surface area contributed by atoms with Crippen LogP contribution in [-0.4, -0.2) is 61.0 Å². The Morgan fingerprint density at radius 3 is 2.79 bits per heavy atom. The Morgan fingerprint density at radius 2 is 2.00 bits per heavy atom. The van der Waals surface area contributed by atoms with Gasteiger partial charge in [0.2, 0.25) is 0 Å². The Kier molecular flexibility index (Phi) is 4.72. The molecule has 0 radical (unpaired) electrons. The zero-order valence-electron chi connectivity index (χ0n) is 14.9. The predicted octanol–water partition coefficient (Wildman–Crippen LogP) is 2.50. The highest BCUT2D eigenvalue weighted by Crippen LogP contribution is 2.40. The van der Waals surface area contributed by atoms with Crippen molar-refractivity contribution >= 4 is 5.82 Å². The largest absolute Gasteiger partial charge is 0.381 e. The predicted molar refractivity (Wildman–Crippen MR) is 95.2 cm³/mol. The Hall–Kier alpha value is -1.20. The van der Waals surface area contributed by atoms with Crippen LogP contribution >= 0.6 is 0 Å². The van der Waals surface area contributed by atoms with Crippen LogP contribution in [0.1, 0.15) is 37.8 Å². The molecule has 5 heteroatoms. The zero-order valence-corrected chi connectivity index (χ0v) is 14.9. The molecular weight excluding hydrogens is 300 g/mol. The van der Waals surface area contributed by atoms with E-state index in [9.17, 15) is 0 Å². The Balaban J connectivity index is 1.37. The highest BCUT2D eigenvalue weighted by molar-refractivity contribution is 5.38. The van der Waals surface area contributed by atoms with Crippen molar-refractivity contribution in [2.75, 3.05) is 50.8 Å². The van der Waals surface area contributed by atoms with E-state index >= 15 is 0 Å². The molecule has 1 spiro atoms. The minimum Gasteiger partial charge on any atom is -0.381 e. The summed E-state index contributed by atoms with van der Waals surface area (Å²) in [5.74, 6) is 1.90. The summed E-state index contributed by atoms with van der Waals surface area (Å²) in [6, 6.07) is 4.21. The van der Waals surface area contributed by atoms with E-state index < -0.39 is 0 Å².